The van der Waals surface area contributed by atoms with Gasteiger partial charge in [-0.2, -0.15) is 0 Å². The van der Waals surface area contributed by atoms with Crippen LogP contribution in [0.4, 0.5) is 4.79 Å². The van der Waals surface area contributed by atoms with Crippen LogP contribution in [0.2, 0.25) is 0 Å². The molecular weight excluding hydrogens is 646 g/mol. The molecule has 0 aromatic heterocycles. The Morgan fingerprint density at radius 2 is 1.76 bits per heavy atom. The lowest BCUT2D eigenvalue weighted by Crippen LogP contribution is -2.58. The first-order valence-electron chi connectivity index (χ1n) is 18.3. The maximum atomic E-state index is 14.3. The fraction of sp³-hybridized carbons (Fsp3) is 0.917. The Morgan fingerprint density at radius 1 is 1.08 bits per heavy atom. The number of fused-ring (bicyclic) bond motifs is 1. The van der Waals surface area contributed by atoms with Gasteiger partial charge in [-0.05, 0) is 92.3 Å². The molecule has 3 fully saturated rings. The number of carbonyl (C=O) groups is 3. The zero-order valence-corrected chi connectivity index (χ0v) is 32.4. The summed E-state index contributed by atoms with van der Waals surface area (Å²) in [5.41, 5.74) is 6.43. The highest BCUT2D eigenvalue weighted by atomic mass is 16.7. The number of hydrogen-bond acceptors (Lipinski definition) is 11. The van der Waals surface area contributed by atoms with Crippen LogP contribution in [-0.4, -0.2) is 123 Å². The zero-order chi connectivity index (χ0) is 37.6. The fourth-order valence-electron chi connectivity index (χ4n) is 8.34. The molecule has 1 amide bonds. The first-order chi connectivity index (χ1) is 23.4. The van der Waals surface area contributed by atoms with Crippen LogP contribution in [0.25, 0.3) is 10.4 Å². The van der Waals surface area contributed by atoms with Crippen molar-refractivity contribution in [2.75, 3.05) is 40.9 Å². The molecule has 3 saturated heterocycles. The number of ether oxygens (including phenoxy) is 6. The van der Waals surface area contributed by atoms with E-state index >= 15 is 0 Å². The highest BCUT2D eigenvalue weighted by Gasteiger charge is 2.59. The molecule has 3 aliphatic rings. The lowest BCUT2D eigenvalue weighted by Gasteiger charge is -2.47. The Hall–Kier alpha value is -2.48. The largest absolute Gasteiger partial charge is 0.458 e. The van der Waals surface area contributed by atoms with Gasteiger partial charge in [0.1, 0.15) is 18.1 Å². The van der Waals surface area contributed by atoms with E-state index in [1.54, 1.807) is 32.8 Å². The highest BCUT2D eigenvalue weighted by Crippen LogP contribution is 2.41. The summed E-state index contributed by atoms with van der Waals surface area (Å²) < 4.78 is 38.2. The van der Waals surface area contributed by atoms with Crippen molar-refractivity contribution in [3.63, 3.8) is 0 Å². The van der Waals surface area contributed by atoms with Gasteiger partial charge in [-0.15, -0.1) is 0 Å². The van der Waals surface area contributed by atoms with E-state index in [9.17, 15) is 14.4 Å². The number of methoxy groups -OCH3 is 1. The summed E-state index contributed by atoms with van der Waals surface area (Å²) in [6.45, 7) is 18.0. The van der Waals surface area contributed by atoms with Crippen LogP contribution in [-0.2, 0) is 38.0 Å². The minimum absolute atomic E-state index is 0.000377. The van der Waals surface area contributed by atoms with E-state index < -0.39 is 65.7 Å². The van der Waals surface area contributed by atoms with Crippen LogP contribution in [0.15, 0.2) is 5.11 Å². The van der Waals surface area contributed by atoms with Gasteiger partial charge in [-0.3, -0.25) is 14.5 Å². The number of esters is 1. The minimum Gasteiger partial charge on any atom is -0.458 e. The second kappa shape index (κ2) is 17.8. The van der Waals surface area contributed by atoms with Gasteiger partial charge in [0.25, 0.3) is 0 Å². The van der Waals surface area contributed by atoms with Crippen molar-refractivity contribution in [1.82, 2.24) is 9.80 Å². The molecule has 13 atom stereocenters. The average Bonchev–Trinajstić information content (AvgIpc) is 3.33. The summed E-state index contributed by atoms with van der Waals surface area (Å²) in [5.74, 6) is -2.98. The van der Waals surface area contributed by atoms with E-state index in [4.69, 9.17) is 34.0 Å². The second-order valence-electron chi connectivity index (χ2n) is 15.5. The van der Waals surface area contributed by atoms with E-state index in [0.717, 1.165) is 6.42 Å². The standard InChI is InChI=1S/C36H63N5O9/c1-13-28-36(9)30(41(34(44)50-36)17-15-14-16-38-39-37)26(7)46-20-21(2)19-35(8,45-12)31(24(5)29(42)25(6)32(43)48-28)49-33-23(4)27(40(10)11)18-22(3)47-33/h21-28,30-31,33H,13-20H2,1-12H3/t21-,22?,23?,24-,25-,26-,27?,28-,30-,31-,33+,35-,36-/m1/s1. The first kappa shape index (κ1) is 41.9. The Bertz CT molecular complexity index is 1220. The van der Waals surface area contributed by atoms with Gasteiger partial charge in [0.2, 0.25) is 0 Å². The molecule has 14 nitrogen and oxygen atoms in total. The third-order valence-electron chi connectivity index (χ3n) is 11.2. The second-order valence-corrected chi connectivity index (χ2v) is 15.5. The van der Waals surface area contributed by atoms with Gasteiger partial charge in [-0.1, -0.05) is 32.8 Å². The third kappa shape index (κ3) is 9.30. The lowest BCUT2D eigenvalue weighted by molar-refractivity contribution is -0.281. The van der Waals surface area contributed by atoms with Gasteiger partial charge in [0.15, 0.2) is 17.7 Å². The number of nitrogens with zero attached hydrogens (tertiary/aromatic N) is 5. The zero-order valence-electron chi connectivity index (χ0n) is 32.4. The number of azide groups is 1. The molecule has 50 heavy (non-hydrogen) atoms. The average molecular weight is 710 g/mol. The monoisotopic (exact) mass is 709 g/mol. The van der Waals surface area contributed by atoms with Crippen molar-refractivity contribution in [2.45, 2.75) is 148 Å². The van der Waals surface area contributed by atoms with Gasteiger partial charge in [0, 0.05) is 49.6 Å². The van der Waals surface area contributed by atoms with Crippen LogP contribution in [0, 0.1) is 23.7 Å². The molecule has 0 aliphatic carbocycles. The van der Waals surface area contributed by atoms with E-state index in [-0.39, 0.29) is 29.8 Å². The van der Waals surface area contributed by atoms with Gasteiger partial charge in [-0.25, -0.2) is 4.79 Å². The molecule has 286 valence electrons. The maximum Gasteiger partial charge on any atom is 0.411 e. The molecule has 14 heteroatoms. The SMILES string of the molecule is CC[C@H]1OC(=O)[C@H](C)C(=O)[C@@H](C)[C@@H](O[C@@H]2OC(C)CC(N(C)C)C2C)[C@](C)(OC)C[C@@H](C)CO[C@H](C)[C@H]2N(CCCCN=[N+]=[N-])C(=O)O[C@]12C. The minimum atomic E-state index is -1.26. The predicted octanol–water partition coefficient (Wildman–Crippen LogP) is 5.76. The topological polar surface area (TPSA) is 162 Å². The molecule has 0 aromatic carbocycles. The summed E-state index contributed by atoms with van der Waals surface area (Å²) in [6.07, 6.45) is -0.484. The number of unbranched alkanes of at least 4 members (excludes halogenated alkanes) is 1. The molecule has 3 unspecified atom stereocenters. The number of carbonyl (C=O) groups excluding carboxylic acids is 3. The molecule has 0 radical (unpaired) electrons. The summed E-state index contributed by atoms with van der Waals surface area (Å²) in [6, 6.07) is -0.393. The predicted molar refractivity (Wildman–Crippen MR) is 187 cm³/mol. The van der Waals surface area contributed by atoms with Crippen molar-refractivity contribution in [1.29, 1.82) is 0 Å². The van der Waals surface area contributed by atoms with Gasteiger partial charge >= 0.3 is 12.1 Å². The van der Waals surface area contributed by atoms with Crippen LogP contribution in [0.5, 0.6) is 0 Å². The normalized spacial score (nSPS) is 40.7. The quantitative estimate of drug-likeness (QED) is 0.0681. The van der Waals surface area contributed by atoms with Crippen LogP contribution >= 0.6 is 0 Å². The Kier molecular flexibility index (Phi) is 15.0. The van der Waals surface area contributed by atoms with Gasteiger partial charge in [0.05, 0.1) is 23.9 Å². The molecule has 3 heterocycles. The summed E-state index contributed by atoms with van der Waals surface area (Å²) in [5, 5.41) is 3.60. The Labute approximate surface area is 298 Å². The van der Waals surface area contributed by atoms with E-state index in [2.05, 4.69) is 28.8 Å². The van der Waals surface area contributed by atoms with E-state index in [0.29, 0.717) is 45.4 Å². The molecule has 0 saturated carbocycles. The summed E-state index contributed by atoms with van der Waals surface area (Å²) in [4.78, 5) is 48.2. The summed E-state index contributed by atoms with van der Waals surface area (Å²) in [7, 11) is 5.71. The Morgan fingerprint density at radius 3 is 2.36 bits per heavy atom. The fourth-order valence-corrected chi connectivity index (χ4v) is 8.34. The molecular formula is C36H63N5O9. The molecule has 3 aliphatic heterocycles. The van der Waals surface area contributed by atoms with Crippen molar-refractivity contribution in [3.8, 4) is 0 Å². The smallest absolute Gasteiger partial charge is 0.411 e. The number of amides is 1. The van der Waals surface area contributed by atoms with Crippen molar-refractivity contribution in [3.05, 3.63) is 10.4 Å². The number of rotatable bonds is 10. The van der Waals surface area contributed by atoms with Crippen molar-refractivity contribution >= 4 is 17.8 Å². The van der Waals surface area contributed by atoms with Crippen molar-refractivity contribution in [2.24, 2.45) is 28.8 Å². The molecule has 0 aromatic rings. The van der Waals surface area contributed by atoms with Gasteiger partial charge < -0.3 is 33.3 Å². The first-order valence-corrected chi connectivity index (χ1v) is 18.3. The summed E-state index contributed by atoms with van der Waals surface area (Å²) >= 11 is 0. The number of hydrogen-bond donors (Lipinski definition) is 0. The third-order valence-corrected chi connectivity index (χ3v) is 11.2. The molecule has 0 bridgehead atoms. The number of ketones is 1. The van der Waals surface area contributed by atoms with Crippen molar-refractivity contribution < 1.29 is 42.8 Å². The maximum absolute atomic E-state index is 14.3. The number of Topliss-reactive ketones (excluding diaryl/α,β-unsaturated/α-hetero) is 1. The van der Waals surface area contributed by atoms with Crippen LogP contribution < -0.4 is 0 Å². The molecule has 3 rings (SSSR count). The molecule has 0 spiro atoms. The van der Waals surface area contributed by atoms with E-state index in [1.165, 1.54) is 0 Å². The highest BCUT2D eigenvalue weighted by molar-refractivity contribution is 6.00. The molecule has 0 N–H and O–H groups in total. The van der Waals surface area contributed by atoms with Crippen LogP contribution in [0.1, 0.15) is 94.4 Å². The Balaban J connectivity index is 2.02. The van der Waals surface area contributed by atoms with E-state index in [1.807, 2.05) is 41.8 Å². The number of cyclic esters (lactones) is 1. The lowest BCUT2D eigenvalue weighted by atomic mass is 9.78. The van der Waals surface area contributed by atoms with Crippen LogP contribution in [0.3, 0.4) is 0 Å².